The molecule has 1 aliphatic rings. The van der Waals surface area contributed by atoms with E-state index in [-0.39, 0.29) is 11.9 Å². The number of rotatable bonds is 1. The standard InChI is InChI=1S/C15H22N2O/c1-10-8-11(2)13(12(3)9-10)14-15(18)17(4)7-5-6-16-14/h8-9,14,16H,5-7H2,1-4H3. The van der Waals surface area contributed by atoms with Gasteiger partial charge in [0.1, 0.15) is 6.04 Å². The lowest BCUT2D eigenvalue weighted by molar-refractivity contribution is -0.131. The number of aryl methyl sites for hydroxylation is 3. The van der Waals surface area contributed by atoms with E-state index in [2.05, 4.69) is 38.2 Å². The normalized spacial score (nSPS) is 21.0. The third-order valence-electron chi connectivity index (χ3n) is 3.67. The van der Waals surface area contributed by atoms with Crippen molar-refractivity contribution in [2.45, 2.75) is 33.2 Å². The van der Waals surface area contributed by atoms with Crippen LogP contribution < -0.4 is 5.32 Å². The van der Waals surface area contributed by atoms with E-state index in [1.165, 1.54) is 16.7 Å². The Bertz CT molecular complexity index is 445. The summed E-state index contributed by atoms with van der Waals surface area (Å²) in [4.78, 5) is 14.2. The second kappa shape index (κ2) is 5.11. The molecule has 1 aliphatic heterocycles. The van der Waals surface area contributed by atoms with Crippen LogP contribution >= 0.6 is 0 Å². The number of carbonyl (C=O) groups is 1. The summed E-state index contributed by atoms with van der Waals surface area (Å²) in [5, 5.41) is 3.39. The third kappa shape index (κ3) is 2.41. The molecular weight excluding hydrogens is 224 g/mol. The summed E-state index contributed by atoms with van der Waals surface area (Å²) in [7, 11) is 1.89. The van der Waals surface area contributed by atoms with Crippen LogP contribution in [0.15, 0.2) is 12.1 Å². The maximum absolute atomic E-state index is 12.4. The molecule has 0 saturated carbocycles. The lowest BCUT2D eigenvalue weighted by Crippen LogP contribution is -2.36. The summed E-state index contributed by atoms with van der Waals surface area (Å²) in [6, 6.07) is 4.13. The Balaban J connectivity index is 2.43. The van der Waals surface area contributed by atoms with Gasteiger partial charge in [-0.25, -0.2) is 0 Å². The van der Waals surface area contributed by atoms with Crippen molar-refractivity contribution in [2.75, 3.05) is 20.1 Å². The fourth-order valence-corrected chi connectivity index (χ4v) is 2.85. The van der Waals surface area contributed by atoms with Crippen LogP contribution in [0.3, 0.4) is 0 Å². The van der Waals surface area contributed by atoms with Gasteiger partial charge in [-0.05, 0) is 50.4 Å². The van der Waals surface area contributed by atoms with Crippen LogP contribution in [-0.4, -0.2) is 30.9 Å². The Hall–Kier alpha value is -1.35. The van der Waals surface area contributed by atoms with Gasteiger partial charge >= 0.3 is 0 Å². The molecule has 1 saturated heterocycles. The highest BCUT2D eigenvalue weighted by molar-refractivity contribution is 5.84. The summed E-state index contributed by atoms with van der Waals surface area (Å²) in [6.07, 6.45) is 1.02. The summed E-state index contributed by atoms with van der Waals surface area (Å²) >= 11 is 0. The molecule has 1 N–H and O–H groups in total. The van der Waals surface area contributed by atoms with Crippen LogP contribution in [0.5, 0.6) is 0 Å². The molecule has 1 fully saturated rings. The van der Waals surface area contributed by atoms with Gasteiger partial charge in [-0.1, -0.05) is 17.7 Å². The molecule has 18 heavy (non-hydrogen) atoms. The van der Waals surface area contributed by atoms with Gasteiger partial charge in [-0.3, -0.25) is 4.79 Å². The van der Waals surface area contributed by atoms with Crippen molar-refractivity contribution in [2.24, 2.45) is 0 Å². The first kappa shape index (κ1) is 13.1. The second-order valence-corrected chi connectivity index (χ2v) is 5.31. The molecule has 1 amide bonds. The van der Waals surface area contributed by atoms with Gasteiger partial charge in [0.2, 0.25) is 5.91 Å². The fraction of sp³-hybridized carbons (Fsp3) is 0.533. The molecule has 0 spiro atoms. The van der Waals surface area contributed by atoms with Crippen LogP contribution in [0.4, 0.5) is 0 Å². The van der Waals surface area contributed by atoms with Crippen LogP contribution in [0.2, 0.25) is 0 Å². The molecule has 3 nitrogen and oxygen atoms in total. The molecule has 1 aromatic rings. The minimum atomic E-state index is -0.182. The lowest BCUT2D eigenvalue weighted by atomic mass is 9.93. The van der Waals surface area contributed by atoms with E-state index in [0.717, 1.165) is 25.1 Å². The molecule has 1 atom stereocenters. The van der Waals surface area contributed by atoms with Crippen molar-refractivity contribution in [3.8, 4) is 0 Å². The highest BCUT2D eigenvalue weighted by Crippen LogP contribution is 2.26. The second-order valence-electron chi connectivity index (χ2n) is 5.31. The Kier molecular flexibility index (Phi) is 3.71. The first-order chi connectivity index (χ1) is 8.50. The minimum Gasteiger partial charge on any atom is -0.344 e. The van der Waals surface area contributed by atoms with Gasteiger partial charge in [0, 0.05) is 13.6 Å². The zero-order chi connectivity index (χ0) is 13.3. The summed E-state index contributed by atoms with van der Waals surface area (Å²) < 4.78 is 0. The molecule has 2 rings (SSSR count). The maximum Gasteiger partial charge on any atom is 0.244 e. The van der Waals surface area contributed by atoms with E-state index in [4.69, 9.17) is 0 Å². The number of amides is 1. The maximum atomic E-state index is 12.4. The molecule has 0 aliphatic carbocycles. The van der Waals surface area contributed by atoms with E-state index in [9.17, 15) is 4.79 Å². The number of benzene rings is 1. The van der Waals surface area contributed by atoms with Crippen LogP contribution in [0.1, 0.15) is 34.7 Å². The minimum absolute atomic E-state index is 0.182. The van der Waals surface area contributed by atoms with Crippen molar-refractivity contribution in [1.82, 2.24) is 10.2 Å². The molecule has 1 aromatic carbocycles. The Morgan fingerprint density at radius 3 is 2.44 bits per heavy atom. The van der Waals surface area contributed by atoms with Crippen LogP contribution in [-0.2, 0) is 4.79 Å². The molecule has 0 bridgehead atoms. The molecule has 1 heterocycles. The zero-order valence-corrected chi connectivity index (χ0v) is 11.7. The quantitative estimate of drug-likeness (QED) is 0.823. The highest BCUT2D eigenvalue weighted by atomic mass is 16.2. The van der Waals surface area contributed by atoms with Gasteiger partial charge in [0.05, 0.1) is 0 Å². The van der Waals surface area contributed by atoms with E-state index in [1.54, 1.807) is 0 Å². The predicted molar refractivity (Wildman–Crippen MR) is 73.7 cm³/mol. The number of likely N-dealkylation sites (N-methyl/N-ethyl adjacent to an activating group) is 1. The number of carbonyl (C=O) groups excluding carboxylic acids is 1. The van der Waals surface area contributed by atoms with Crippen molar-refractivity contribution in [3.63, 3.8) is 0 Å². The molecule has 3 heteroatoms. The molecule has 0 aromatic heterocycles. The van der Waals surface area contributed by atoms with Gasteiger partial charge < -0.3 is 10.2 Å². The van der Waals surface area contributed by atoms with Crippen LogP contribution in [0, 0.1) is 20.8 Å². The number of nitrogens with zero attached hydrogens (tertiary/aromatic N) is 1. The molecule has 1 unspecified atom stereocenters. The number of hydrogen-bond acceptors (Lipinski definition) is 2. The summed E-state index contributed by atoms with van der Waals surface area (Å²) in [6.45, 7) is 8.02. The Labute approximate surface area is 109 Å². The summed E-state index contributed by atoms with van der Waals surface area (Å²) in [5.41, 5.74) is 4.81. The summed E-state index contributed by atoms with van der Waals surface area (Å²) in [5.74, 6) is 0.183. The molecule has 98 valence electrons. The smallest absolute Gasteiger partial charge is 0.244 e. The third-order valence-corrected chi connectivity index (χ3v) is 3.67. The number of hydrogen-bond donors (Lipinski definition) is 1. The average Bonchev–Trinajstić information content (AvgIpc) is 2.43. The van der Waals surface area contributed by atoms with Crippen molar-refractivity contribution < 1.29 is 4.79 Å². The highest BCUT2D eigenvalue weighted by Gasteiger charge is 2.28. The van der Waals surface area contributed by atoms with Crippen molar-refractivity contribution in [3.05, 3.63) is 34.4 Å². The Morgan fingerprint density at radius 1 is 1.22 bits per heavy atom. The predicted octanol–water partition coefficient (Wildman–Crippen LogP) is 2.10. The SMILES string of the molecule is Cc1cc(C)c(C2NCCCN(C)C2=O)c(C)c1. The van der Waals surface area contributed by atoms with Crippen molar-refractivity contribution >= 4 is 5.91 Å². The van der Waals surface area contributed by atoms with Crippen LogP contribution in [0.25, 0.3) is 0 Å². The van der Waals surface area contributed by atoms with Gasteiger partial charge in [0.25, 0.3) is 0 Å². The topological polar surface area (TPSA) is 32.3 Å². The molecular formula is C15H22N2O. The monoisotopic (exact) mass is 246 g/mol. The van der Waals surface area contributed by atoms with Gasteiger partial charge in [-0.15, -0.1) is 0 Å². The van der Waals surface area contributed by atoms with Gasteiger partial charge in [-0.2, -0.15) is 0 Å². The van der Waals surface area contributed by atoms with E-state index in [1.807, 2.05) is 11.9 Å². The first-order valence-electron chi connectivity index (χ1n) is 6.57. The Morgan fingerprint density at radius 2 is 1.83 bits per heavy atom. The average molecular weight is 246 g/mol. The van der Waals surface area contributed by atoms with E-state index < -0.39 is 0 Å². The van der Waals surface area contributed by atoms with E-state index >= 15 is 0 Å². The number of nitrogens with one attached hydrogen (secondary N) is 1. The molecule has 0 radical (unpaired) electrons. The zero-order valence-electron chi connectivity index (χ0n) is 11.7. The fourth-order valence-electron chi connectivity index (χ4n) is 2.85. The van der Waals surface area contributed by atoms with Gasteiger partial charge in [0.15, 0.2) is 0 Å². The lowest BCUT2D eigenvalue weighted by Gasteiger charge is -2.23. The van der Waals surface area contributed by atoms with Crippen molar-refractivity contribution in [1.29, 1.82) is 0 Å². The largest absolute Gasteiger partial charge is 0.344 e. The first-order valence-corrected chi connectivity index (χ1v) is 6.57. The van der Waals surface area contributed by atoms with E-state index in [0.29, 0.717) is 0 Å².